The van der Waals surface area contributed by atoms with Crippen molar-refractivity contribution in [1.29, 1.82) is 0 Å². The second kappa shape index (κ2) is 3.32. The van der Waals surface area contributed by atoms with Crippen molar-refractivity contribution in [2.24, 2.45) is 0 Å². The molecule has 3 heteroatoms. The van der Waals surface area contributed by atoms with E-state index in [0.717, 1.165) is 26.2 Å². The Hall–Kier alpha value is -0.120. The standard InChI is InChI=1S/C9H18N2O/c1-7(2)11-5-8-9(6-11)12-4-3-10-8/h7-10H,3-6H2,1-2H3/t8-,9-/m1/s1. The molecule has 0 radical (unpaired) electrons. The van der Waals surface area contributed by atoms with Gasteiger partial charge in [0.15, 0.2) is 0 Å². The van der Waals surface area contributed by atoms with Crippen LogP contribution in [-0.4, -0.2) is 49.3 Å². The molecule has 0 aromatic heterocycles. The van der Waals surface area contributed by atoms with E-state index in [-0.39, 0.29) is 0 Å². The molecule has 0 aromatic carbocycles. The summed E-state index contributed by atoms with van der Waals surface area (Å²) in [5, 5.41) is 3.50. The predicted octanol–water partition coefficient (Wildman–Crippen LogP) is 0.0674. The number of rotatable bonds is 1. The molecule has 2 rings (SSSR count). The highest BCUT2D eigenvalue weighted by molar-refractivity contribution is 4.93. The Kier molecular flexibility index (Phi) is 2.35. The van der Waals surface area contributed by atoms with Crippen LogP contribution in [0.15, 0.2) is 0 Å². The van der Waals surface area contributed by atoms with Crippen LogP contribution in [0.5, 0.6) is 0 Å². The smallest absolute Gasteiger partial charge is 0.0867 e. The van der Waals surface area contributed by atoms with E-state index in [1.165, 1.54) is 0 Å². The van der Waals surface area contributed by atoms with Crippen LogP contribution < -0.4 is 5.32 Å². The van der Waals surface area contributed by atoms with Gasteiger partial charge in [-0.25, -0.2) is 0 Å². The Bertz CT molecular complexity index is 147. The molecule has 2 atom stereocenters. The second-order valence-corrected chi connectivity index (χ2v) is 4.02. The van der Waals surface area contributed by atoms with Gasteiger partial charge >= 0.3 is 0 Å². The van der Waals surface area contributed by atoms with E-state index in [2.05, 4.69) is 24.1 Å². The molecule has 2 aliphatic heterocycles. The lowest BCUT2D eigenvalue weighted by Crippen LogP contribution is -2.47. The first-order chi connectivity index (χ1) is 5.77. The summed E-state index contributed by atoms with van der Waals surface area (Å²) in [4.78, 5) is 2.48. The number of nitrogens with zero attached hydrogens (tertiary/aromatic N) is 1. The first-order valence-corrected chi connectivity index (χ1v) is 4.86. The maximum atomic E-state index is 5.68. The molecule has 0 saturated carbocycles. The number of hydrogen-bond donors (Lipinski definition) is 1. The van der Waals surface area contributed by atoms with Crippen molar-refractivity contribution in [1.82, 2.24) is 10.2 Å². The van der Waals surface area contributed by atoms with Crippen molar-refractivity contribution in [3.63, 3.8) is 0 Å². The first kappa shape index (κ1) is 8.48. The molecule has 70 valence electrons. The van der Waals surface area contributed by atoms with E-state index in [1.54, 1.807) is 0 Å². The summed E-state index contributed by atoms with van der Waals surface area (Å²) >= 11 is 0. The zero-order valence-corrected chi connectivity index (χ0v) is 7.92. The Morgan fingerprint density at radius 2 is 2.25 bits per heavy atom. The Morgan fingerprint density at radius 1 is 1.42 bits per heavy atom. The van der Waals surface area contributed by atoms with Crippen LogP contribution in [0.2, 0.25) is 0 Å². The van der Waals surface area contributed by atoms with E-state index in [1.807, 2.05) is 0 Å². The first-order valence-electron chi connectivity index (χ1n) is 4.86. The molecule has 3 nitrogen and oxygen atoms in total. The minimum Gasteiger partial charge on any atom is -0.374 e. The SMILES string of the molecule is CC(C)N1C[C@H]2NCCO[C@@H]2C1. The Morgan fingerprint density at radius 3 is 2.92 bits per heavy atom. The third-order valence-electron chi connectivity index (χ3n) is 2.87. The van der Waals surface area contributed by atoms with Gasteiger partial charge in [0.25, 0.3) is 0 Å². The lowest BCUT2D eigenvalue weighted by Gasteiger charge is -2.25. The maximum absolute atomic E-state index is 5.68. The summed E-state index contributed by atoms with van der Waals surface area (Å²) in [5.41, 5.74) is 0. The fraction of sp³-hybridized carbons (Fsp3) is 1.00. The number of ether oxygens (including phenoxy) is 1. The molecule has 2 saturated heterocycles. The van der Waals surface area contributed by atoms with Gasteiger partial charge in [0, 0.05) is 31.7 Å². The average molecular weight is 170 g/mol. The molecular formula is C9H18N2O. The highest BCUT2D eigenvalue weighted by Gasteiger charge is 2.35. The summed E-state index contributed by atoms with van der Waals surface area (Å²) in [7, 11) is 0. The van der Waals surface area contributed by atoms with Gasteiger partial charge < -0.3 is 10.1 Å². The van der Waals surface area contributed by atoms with E-state index >= 15 is 0 Å². The average Bonchev–Trinajstić information content (AvgIpc) is 2.46. The quantitative estimate of drug-likeness (QED) is 0.602. The van der Waals surface area contributed by atoms with Gasteiger partial charge in [-0.05, 0) is 13.8 Å². The number of hydrogen-bond acceptors (Lipinski definition) is 3. The monoisotopic (exact) mass is 170 g/mol. The third kappa shape index (κ3) is 1.49. The summed E-state index contributed by atoms with van der Waals surface area (Å²) < 4.78 is 5.68. The van der Waals surface area contributed by atoms with Crippen molar-refractivity contribution in [3.8, 4) is 0 Å². The molecule has 0 spiro atoms. The summed E-state index contributed by atoms with van der Waals surface area (Å²) in [6, 6.07) is 1.24. The van der Waals surface area contributed by atoms with Crippen LogP contribution in [0, 0.1) is 0 Å². The number of nitrogens with one attached hydrogen (secondary N) is 1. The molecule has 0 amide bonds. The normalized spacial score (nSPS) is 37.2. The van der Waals surface area contributed by atoms with E-state index in [0.29, 0.717) is 18.2 Å². The van der Waals surface area contributed by atoms with Gasteiger partial charge in [-0.2, -0.15) is 0 Å². The van der Waals surface area contributed by atoms with Crippen molar-refractivity contribution in [2.45, 2.75) is 32.0 Å². The highest BCUT2D eigenvalue weighted by Crippen LogP contribution is 2.17. The van der Waals surface area contributed by atoms with Gasteiger partial charge in [0.2, 0.25) is 0 Å². The van der Waals surface area contributed by atoms with Crippen molar-refractivity contribution >= 4 is 0 Å². The van der Waals surface area contributed by atoms with Gasteiger partial charge in [-0.3, -0.25) is 4.90 Å². The van der Waals surface area contributed by atoms with E-state index in [4.69, 9.17) is 4.74 Å². The topological polar surface area (TPSA) is 24.5 Å². The van der Waals surface area contributed by atoms with Crippen molar-refractivity contribution < 1.29 is 4.74 Å². The van der Waals surface area contributed by atoms with Crippen LogP contribution in [0.4, 0.5) is 0 Å². The van der Waals surface area contributed by atoms with Crippen molar-refractivity contribution in [2.75, 3.05) is 26.2 Å². The number of fused-ring (bicyclic) bond motifs is 1. The minimum atomic E-state index is 0.446. The van der Waals surface area contributed by atoms with Gasteiger partial charge in [-0.1, -0.05) is 0 Å². The molecule has 2 heterocycles. The molecule has 0 aromatic rings. The molecular weight excluding hydrogens is 152 g/mol. The molecule has 0 aliphatic carbocycles. The second-order valence-electron chi connectivity index (χ2n) is 4.02. The molecule has 1 N–H and O–H groups in total. The number of morpholine rings is 1. The van der Waals surface area contributed by atoms with Crippen LogP contribution >= 0.6 is 0 Å². The fourth-order valence-corrected chi connectivity index (χ4v) is 2.04. The molecule has 2 fully saturated rings. The maximum Gasteiger partial charge on any atom is 0.0867 e. The van der Waals surface area contributed by atoms with E-state index in [9.17, 15) is 0 Å². The Labute approximate surface area is 74.1 Å². The molecule has 12 heavy (non-hydrogen) atoms. The minimum absolute atomic E-state index is 0.446. The zero-order valence-electron chi connectivity index (χ0n) is 7.92. The molecule has 2 aliphatic rings. The third-order valence-corrected chi connectivity index (χ3v) is 2.87. The predicted molar refractivity (Wildman–Crippen MR) is 48.2 cm³/mol. The van der Waals surface area contributed by atoms with Crippen molar-refractivity contribution in [3.05, 3.63) is 0 Å². The van der Waals surface area contributed by atoms with Crippen LogP contribution in [0.1, 0.15) is 13.8 Å². The lowest BCUT2D eigenvalue weighted by atomic mass is 10.2. The van der Waals surface area contributed by atoms with E-state index < -0.39 is 0 Å². The van der Waals surface area contributed by atoms with Gasteiger partial charge in [0.05, 0.1) is 12.7 Å². The fourth-order valence-electron chi connectivity index (χ4n) is 2.04. The largest absolute Gasteiger partial charge is 0.374 e. The summed E-state index contributed by atoms with van der Waals surface area (Å²) in [6.07, 6.45) is 0.446. The number of likely N-dealkylation sites (tertiary alicyclic amines) is 1. The molecule has 0 unspecified atom stereocenters. The highest BCUT2D eigenvalue weighted by atomic mass is 16.5. The zero-order chi connectivity index (χ0) is 8.55. The Balaban J connectivity index is 1.94. The summed E-state index contributed by atoms with van der Waals surface area (Å²) in [5.74, 6) is 0. The van der Waals surface area contributed by atoms with Crippen LogP contribution in [0.25, 0.3) is 0 Å². The summed E-state index contributed by atoms with van der Waals surface area (Å²) in [6.45, 7) is 8.66. The lowest BCUT2D eigenvalue weighted by molar-refractivity contribution is 0.0169. The van der Waals surface area contributed by atoms with Gasteiger partial charge in [-0.15, -0.1) is 0 Å². The van der Waals surface area contributed by atoms with Crippen LogP contribution in [-0.2, 0) is 4.74 Å². The van der Waals surface area contributed by atoms with Gasteiger partial charge in [0.1, 0.15) is 0 Å². The van der Waals surface area contributed by atoms with Crippen LogP contribution in [0.3, 0.4) is 0 Å². The molecule has 0 bridgehead atoms.